The second-order valence-corrected chi connectivity index (χ2v) is 4.36. The molecule has 1 heterocycles. The summed E-state index contributed by atoms with van der Waals surface area (Å²) in [5.41, 5.74) is 0.751. The highest BCUT2D eigenvalue weighted by Gasteiger charge is 2.18. The van der Waals surface area contributed by atoms with E-state index in [4.69, 9.17) is 13.6 Å². The molecular weight excluding hydrogens is 245 g/mol. The van der Waals surface area contributed by atoms with Gasteiger partial charge >= 0.3 is 8.60 Å². The van der Waals surface area contributed by atoms with Gasteiger partial charge in [0.15, 0.2) is 0 Å². The van der Waals surface area contributed by atoms with Gasteiger partial charge in [-0.2, -0.15) is 4.99 Å². The van der Waals surface area contributed by atoms with E-state index in [1.165, 1.54) is 0 Å². The number of aliphatic imine (C=N–C) groups is 1. The molecule has 0 unspecified atom stereocenters. The molecule has 4 nitrogen and oxygen atoms in total. The van der Waals surface area contributed by atoms with Crippen LogP contribution in [0.3, 0.4) is 0 Å². The zero-order valence-corrected chi connectivity index (χ0v) is 10.2. The quantitative estimate of drug-likeness (QED) is 0.471. The summed E-state index contributed by atoms with van der Waals surface area (Å²) in [4.78, 5) is 3.85. The van der Waals surface area contributed by atoms with Gasteiger partial charge in [-0.05, 0) is 42.9 Å². The minimum Gasteiger partial charge on any atom is -0.427 e. The number of hydrogen-bond donors (Lipinski definition) is 0. The maximum atomic E-state index is 5.52. The number of benzene rings is 1. The molecule has 16 heavy (non-hydrogen) atoms. The fourth-order valence-electron chi connectivity index (χ4n) is 1.15. The summed E-state index contributed by atoms with van der Waals surface area (Å²) >= 11 is 4.51. The van der Waals surface area contributed by atoms with E-state index in [1.807, 2.05) is 0 Å². The lowest BCUT2D eigenvalue weighted by Gasteiger charge is -2.20. The van der Waals surface area contributed by atoms with Crippen LogP contribution >= 0.6 is 20.8 Å². The highest BCUT2D eigenvalue weighted by Crippen LogP contribution is 2.43. The van der Waals surface area contributed by atoms with Gasteiger partial charge in [0.1, 0.15) is 5.75 Å². The van der Waals surface area contributed by atoms with Crippen LogP contribution < -0.4 is 4.52 Å². The number of hydrogen-bond acceptors (Lipinski definition) is 5. The first kappa shape index (κ1) is 11.6. The van der Waals surface area contributed by atoms with Gasteiger partial charge in [-0.25, -0.2) is 0 Å². The molecule has 0 amide bonds. The molecule has 0 aliphatic carbocycles. The molecule has 0 bridgehead atoms. The molecule has 1 aromatic rings. The summed E-state index contributed by atoms with van der Waals surface area (Å²) in [5.74, 6) is 0.705. The summed E-state index contributed by atoms with van der Waals surface area (Å²) < 4.78 is 16.2. The van der Waals surface area contributed by atoms with Crippen molar-refractivity contribution in [3.63, 3.8) is 0 Å². The Bertz CT molecular complexity index is 386. The van der Waals surface area contributed by atoms with Crippen molar-refractivity contribution < 1.29 is 13.6 Å². The van der Waals surface area contributed by atoms with E-state index in [9.17, 15) is 0 Å². The van der Waals surface area contributed by atoms with Crippen LogP contribution in [0.1, 0.15) is 6.42 Å². The molecule has 1 saturated heterocycles. The Labute approximate surface area is 100 Å². The molecule has 1 aromatic carbocycles. The Hall–Kier alpha value is -0.830. The summed E-state index contributed by atoms with van der Waals surface area (Å²) in [5, 5.41) is 2.31. The smallest absolute Gasteiger partial charge is 0.397 e. The summed E-state index contributed by atoms with van der Waals surface area (Å²) in [6, 6.07) is 7.20. The first-order valence-electron chi connectivity index (χ1n) is 4.80. The minimum absolute atomic E-state index is 0.693. The number of rotatable bonds is 3. The lowest BCUT2D eigenvalue weighted by Crippen LogP contribution is -2.07. The molecule has 0 radical (unpaired) electrons. The number of thiocarbonyl (C=S) groups is 1. The normalized spacial score (nSPS) is 16.5. The topological polar surface area (TPSA) is 40.0 Å². The average molecular weight is 255 g/mol. The van der Waals surface area contributed by atoms with Gasteiger partial charge in [-0.3, -0.25) is 0 Å². The van der Waals surface area contributed by atoms with Crippen molar-refractivity contribution >= 4 is 31.7 Å². The summed E-state index contributed by atoms with van der Waals surface area (Å²) in [7, 11) is -1.23. The molecule has 1 fully saturated rings. The average Bonchev–Trinajstić information content (AvgIpc) is 2.33. The van der Waals surface area contributed by atoms with Crippen molar-refractivity contribution in [2.45, 2.75) is 6.42 Å². The molecule has 1 aliphatic rings. The van der Waals surface area contributed by atoms with Gasteiger partial charge in [-0.15, -0.1) is 0 Å². The van der Waals surface area contributed by atoms with Crippen molar-refractivity contribution in [1.82, 2.24) is 0 Å². The van der Waals surface area contributed by atoms with Crippen molar-refractivity contribution in [3.05, 3.63) is 24.3 Å². The van der Waals surface area contributed by atoms with Crippen LogP contribution in [0.25, 0.3) is 0 Å². The second kappa shape index (κ2) is 6.04. The Balaban J connectivity index is 1.96. The fraction of sp³-hybridized carbons (Fsp3) is 0.300. The van der Waals surface area contributed by atoms with Crippen LogP contribution in [0, 0.1) is 0 Å². The number of nitrogens with zero attached hydrogens (tertiary/aromatic N) is 1. The molecule has 6 heteroatoms. The van der Waals surface area contributed by atoms with Crippen molar-refractivity contribution in [1.29, 1.82) is 0 Å². The molecule has 2 rings (SSSR count). The third kappa shape index (κ3) is 3.34. The van der Waals surface area contributed by atoms with Crippen LogP contribution in [-0.2, 0) is 9.05 Å². The third-order valence-corrected chi connectivity index (χ3v) is 3.11. The van der Waals surface area contributed by atoms with E-state index in [0.717, 1.165) is 12.1 Å². The van der Waals surface area contributed by atoms with Gasteiger partial charge < -0.3 is 13.6 Å². The first-order chi connectivity index (χ1) is 7.88. The maximum Gasteiger partial charge on any atom is 0.397 e. The Kier molecular flexibility index (Phi) is 4.40. The van der Waals surface area contributed by atoms with E-state index < -0.39 is 8.60 Å². The lowest BCUT2D eigenvalue weighted by atomic mass is 10.3. The largest absolute Gasteiger partial charge is 0.427 e. The van der Waals surface area contributed by atoms with E-state index in [2.05, 4.69) is 22.4 Å². The zero-order valence-electron chi connectivity index (χ0n) is 8.46. The third-order valence-electron chi connectivity index (χ3n) is 1.87. The van der Waals surface area contributed by atoms with Crippen LogP contribution in [0.5, 0.6) is 5.75 Å². The van der Waals surface area contributed by atoms with Gasteiger partial charge in [0.05, 0.1) is 24.1 Å². The van der Waals surface area contributed by atoms with E-state index >= 15 is 0 Å². The molecule has 0 saturated carbocycles. The summed E-state index contributed by atoms with van der Waals surface area (Å²) in [6.07, 6.45) is 0.921. The standard InChI is InChI=1S/C10H10NO3PS/c16-8-11-9-2-4-10(5-3-9)14-15-12-6-1-7-13-15/h2-5H,1,6-7H2. The van der Waals surface area contributed by atoms with Gasteiger partial charge in [0.25, 0.3) is 0 Å². The van der Waals surface area contributed by atoms with Gasteiger partial charge in [0, 0.05) is 0 Å². The van der Waals surface area contributed by atoms with Crippen molar-refractivity contribution in [2.24, 2.45) is 4.99 Å². The van der Waals surface area contributed by atoms with Gasteiger partial charge in [-0.1, -0.05) is 0 Å². The predicted molar refractivity (Wildman–Crippen MR) is 65.2 cm³/mol. The van der Waals surface area contributed by atoms with Crippen LogP contribution in [-0.4, -0.2) is 18.4 Å². The molecule has 0 spiro atoms. The molecule has 0 atom stereocenters. The molecule has 0 aromatic heterocycles. The lowest BCUT2D eigenvalue weighted by molar-refractivity contribution is 0.147. The number of isothiocyanates is 1. The molecular formula is C10H10NO3PS. The highest BCUT2D eigenvalue weighted by molar-refractivity contribution is 7.78. The van der Waals surface area contributed by atoms with E-state index in [-0.39, 0.29) is 0 Å². The van der Waals surface area contributed by atoms with Crippen LogP contribution in [0.15, 0.2) is 29.3 Å². The fourth-order valence-corrected chi connectivity index (χ4v) is 2.28. The molecule has 1 aliphatic heterocycles. The van der Waals surface area contributed by atoms with Crippen LogP contribution in [0.4, 0.5) is 5.69 Å². The van der Waals surface area contributed by atoms with Crippen LogP contribution in [0.2, 0.25) is 0 Å². The van der Waals surface area contributed by atoms with E-state index in [1.54, 1.807) is 24.3 Å². The van der Waals surface area contributed by atoms with Crippen molar-refractivity contribution in [3.8, 4) is 5.75 Å². The highest BCUT2D eigenvalue weighted by atomic mass is 32.1. The Morgan fingerprint density at radius 1 is 1.25 bits per heavy atom. The second-order valence-electron chi connectivity index (χ2n) is 3.03. The Morgan fingerprint density at radius 2 is 1.94 bits per heavy atom. The summed E-state index contributed by atoms with van der Waals surface area (Å²) in [6.45, 7) is 1.39. The zero-order chi connectivity index (χ0) is 11.2. The molecule has 84 valence electrons. The molecule has 0 N–H and O–H groups in total. The monoisotopic (exact) mass is 255 g/mol. The van der Waals surface area contributed by atoms with E-state index in [0.29, 0.717) is 19.0 Å². The Morgan fingerprint density at radius 3 is 2.56 bits per heavy atom. The van der Waals surface area contributed by atoms with Gasteiger partial charge in [0.2, 0.25) is 0 Å². The first-order valence-corrected chi connectivity index (χ1v) is 6.31. The predicted octanol–water partition coefficient (Wildman–Crippen LogP) is 3.46. The maximum absolute atomic E-state index is 5.52. The SMILES string of the molecule is S=C=Nc1ccc(OP2OCCCO2)cc1. The van der Waals surface area contributed by atoms with Crippen molar-refractivity contribution in [2.75, 3.05) is 13.2 Å². The minimum atomic E-state index is -1.23.